The van der Waals surface area contributed by atoms with Gasteiger partial charge in [0.1, 0.15) is 5.82 Å². The minimum Gasteiger partial charge on any atom is -0.480 e. The Bertz CT molecular complexity index is 753. The number of aryl methyl sites for hydroxylation is 1. The zero-order valence-corrected chi connectivity index (χ0v) is 15.5. The zero-order chi connectivity index (χ0) is 18.0. The molecule has 2 heterocycles. The fourth-order valence-corrected chi connectivity index (χ4v) is 3.85. The van der Waals surface area contributed by atoms with Crippen LogP contribution in [0.1, 0.15) is 25.6 Å². The lowest BCUT2D eigenvalue weighted by molar-refractivity contribution is -0.139. The van der Waals surface area contributed by atoms with E-state index in [-0.39, 0.29) is 6.54 Å². The number of rotatable bonds is 6. The quantitative estimate of drug-likeness (QED) is 0.853. The van der Waals surface area contributed by atoms with Gasteiger partial charge < -0.3 is 9.67 Å². The molecule has 1 aromatic heterocycles. The van der Waals surface area contributed by atoms with Crippen molar-refractivity contribution in [3.63, 3.8) is 0 Å². The van der Waals surface area contributed by atoms with E-state index in [2.05, 4.69) is 14.4 Å². The summed E-state index contributed by atoms with van der Waals surface area (Å²) < 4.78 is 2.13. The maximum atomic E-state index is 11.0. The molecule has 136 valence electrons. The highest BCUT2D eigenvalue weighted by Crippen LogP contribution is 2.22. The van der Waals surface area contributed by atoms with Crippen LogP contribution in [0.25, 0.3) is 11.0 Å². The van der Waals surface area contributed by atoms with Crippen LogP contribution in [0.5, 0.6) is 0 Å². The first kappa shape index (κ1) is 18.2. The number of nitrogens with zero attached hydrogens (tertiary/aromatic N) is 4. The highest BCUT2D eigenvalue weighted by molar-refractivity contribution is 6.31. The Morgan fingerprint density at radius 2 is 2.12 bits per heavy atom. The number of likely N-dealkylation sites (N-methyl/N-ethyl adjacent to an activating group) is 1. The molecule has 2 aromatic rings. The normalized spacial score (nSPS) is 16.8. The molecule has 0 saturated carbocycles. The Morgan fingerprint density at radius 1 is 1.40 bits per heavy atom. The van der Waals surface area contributed by atoms with Crippen LogP contribution in [0.4, 0.5) is 0 Å². The van der Waals surface area contributed by atoms with E-state index < -0.39 is 5.97 Å². The van der Waals surface area contributed by atoms with Crippen molar-refractivity contribution in [2.24, 2.45) is 7.05 Å². The first-order valence-corrected chi connectivity index (χ1v) is 9.14. The summed E-state index contributed by atoms with van der Waals surface area (Å²) in [5.74, 6) is 0.288. The molecule has 25 heavy (non-hydrogen) atoms. The van der Waals surface area contributed by atoms with Gasteiger partial charge in [0, 0.05) is 31.2 Å². The van der Waals surface area contributed by atoms with Gasteiger partial charge in [0.15, 0.2) is 0 Å². The Labute approximate surface area is 153 Å². The maximum absolute atomic E-state index is 11.0. The number of aliphatic carboxylic acids is 1. The lowest BCUT2D eigenvalue weighted by Gasteiger charge is -2.37. The molecule has 0 amide bonds. The van der Waals surface area contributed by atoms with E-state index in [4.69, 9.17) is 21.7 Å². The molecule has 0 aliphatic carbocycles. The molecule has 1 aliphatic heterocycles. The fraction of sp³-hybridized carbons (Fsp3) is 0.556. The van der Waals surface area contributed by atoms with Crippen LogP contribution in [0, 0.1) is 0 Å². The largest absolute Gasteiger partial charge is 0.480 e. The molecule has 0 bridgehead atoms. The van der Waals surface area contributed by atoms with Crippen molar-refractivity contribution in [2.45, 2.75) is 32.4 Å². The van der Waals surface area contributed by atoms with Crippen molar-refractivity contribution >= 4 is 28.6 Å². The topological polar surface area (TPSA) is 61.6 Å². The summed E-state index contributed by atoms with van der Waals surface area (Å²) in [4.78, 5) is 20.2. The number of likely N-dealkylation sites (tertiary alicyclic amines) is 1. The number of benzene rings is 1. The van der Waals surface area contributed by atoms with E-state index >= 15 is 0 Å². The number of imidazole rings is 1. The second-order valence-corrected chi connectivity index (χ2v) is 7.12. The van der Waals surface area contributed by atoms with Crippen LogP contribution in [-0.2, 0) is 18.4 Å². The van der Waals surface area contributed by atoms with Gasteiger partial charge in [-0.1, -0.05) is 18.5 Å². The first-order valence-electron chi connectivity index (χ1n) is 8.77. The molecule has 0 unspecified atom stereocenters. The van der Waals surface area contributed by atoms with Crippen LogP contribution in [0.2, 0.25) is 5.02 Å². The zero-order valence-electron chi connectivity index (χ0n) is 14.8. The molecule has 6 nitrogen and oxygen atoms in total. The number of halogens is 1. The third-order valence-corrected chi connectivity index (χ3v) is 5.35. The molecule has 1 aromatic carbocycles. The van der Waals surface area contributed by atoms with Gasteiger partial charge >= 0.3 is 5.97 Å². The molecule has 1 saturated heterocycles. The van der Waals surface area contributed by atoms with Gasteiger partial charge in [0.25, 0.3) is 0 Å². The van der Waals surface area contributed by atoms with Gasteiger partial charge in [-0.05, 0) is 37.6 Å². The number of piperidine rings is 1. The average Bonchev–Trinajstić information content (AvgIpc) is 2.88. The van der Waals surface area contributed by atoms with Crippen molar-refractivity contribution in [3.05, 3.63) is 29.0 Å². The van der Waals surface area contributed by atoms with Gasteiger partial charge in [-0.3, -0.25) is 14.6 Å². The predicted octanol–water partition coefficient (Wildman–Crippen LogP) is 2.60. The Kier molecular flexibility index (Phi) is 5.61. The van der Waals surface area contributed by atoms with Crippen LogP contribution in [-0.4, -0.2) is 62.6 Å². The smallest absolute Gasteiger partial charge is 0.317 e. The SMILES string of the molecule is CCN(CC(=O)O)C1CCN(Cc2nc3cc(Cl)ccc3n2C)CC1. The van der Waals surface area contributed by atoms with Gasteiger partial charge in [-0.25, -0.2) is 4.98 Å². The van der Waals surface area contributed by atoms with Crippen molar-refractivity contribution in [1.29, 1.82) is 0 Å². The fourth-order valence-electron chi connectivity index (χ4n) is 3.68. The molecular formula is C18H25ClN4O2. The summed E-state index contributed by atoms with van der Waals surface area (Å²) >= 11 is 6.06. The Hall–Kier alpha value is -1.63. The summed E-state index contributed by atoms with van der Waals surface area (Å²) in [6.45, 7) is 5.67. The van der Waals surface area contributed by atoms with Crippen LogP contribution < -0.4 is 0 Å². The van der Waals surface area contributed by atoms with E-state index in [9.17, 15) is 4.79 Å². The predicted molar refractivity (Wildman–Crippen MR) is 98.9 cm³/mol. The highest BCUT2D eigenvalue weighted by Gasteiger charge is 2.25. The standard InChI is InChI=1S/C18H25ClN4O2/c1-3-23(12-18(24)25)14-6-8-22(9-7-14)11-17-20-15-10-13(19)4-5-16(15)21(17)2/h4-5,10,14H,3,6-9,11-12H2,1-2H3,(H,24,25). The monoisotopic (exact) mass is 364 g/mol. The molecule has 0 atom stereocenters. The summed E-state index contributed by atoms with van der Waals surface area (Å²) in [6.07, 6.45) is 1.99. The maximum Gasteiger partial charge on any atom is 0.317 e. The van der Waals surface area contributed by atoms with Crippen LogP contribution in [0.15, 0.2) is 18.2 Å². The Morgan fingerprint density at radius 3 is 2.76 bits per heavy atom. The van der Waals surface area contributed by atoms with Crippen LogP contribution >= 0.6 is 11.6 Å². The molecule has 0 radical (unpaired) electrons. The van der Waals surface area contributed by atoms with Gasteiger partial charge in [-0.15, -0.1) is 0 Å². The molecular weight excluding hydrogens is 340 g/mol. The van der Waals surface area contributed by atoms with E-state index in [0.29, 0.717) is 11.1 Å². The first-order chi connectivity index (χ1) is 12.0. The molecule has 1 N–H and O–H groups in total. The minimum atomic E-state index is -0.748. The number of aromatic nitrogens is 2. The minimum absolute atomic E-state index is 0.132. The van der Waals surface area contributed by atoms with E-state index in [1.165, 1.54) is 0 Å². The summed E-state index contributed by atoms with van der Waals surface area (Å²) in [5.41, 5.74) is 2.02. The molecule has 1 fully saturated rings. The van der Waals surface area contributed by atoms with E-state index in [0.717, 1.165) is 55.9 Å². The number of hydrogen-bond acceptors (Lipinski definition) is 4. The van der Waals surface area contributed by atoms with Crippen molar-refractivity contribution < 1.29 is 9.90 Å². The number of fused-ring (bicyclic) bond motifs is 1. The van der Waals surface area contributed by atoms with Crippen molar-refractivity contribution in [1.82, 2.24) is 19.4 Å². The van der Waals surface area contributed by atoms with Crippen molar-refractivity contribution in [3.8, 4) is 0 Å². The number of hydrogen-bond donors (Lipinski definition) is 1. The van der Waals surface area contributed by atoms with Gasteiger partial charge in [0.05, 0.1) is 24.1 Å². The molecule has 3 rings (SSSR count). The summed E-state index contributed by atoms with van der Waals surface area (Å²) in [6, 6.07) is 6.16. The van der Waals surface area contributed by atoms with Gasteiger partial charge in [0.2, 0.25) is 0 Å². The van der Waals surface area contributed by atoms with Crippen molar-refractivity contribution in [2.75, 3.05) is 26.2 Å². The molecule has 1 aliphatic rings. The number of carboxylic acid groups (broad SMARTS) is 1. The second kappa shape index (κ2) is 7.72. The Balaban J connectivity index is 1.62. The summed E-state index contributed by atoms with van der Waals surface area (Å²) in [5, 5.41) is 9.74. The third-order valence-electron chi connectivity index (χ3n) is 5.12. The van der Waals surface area contributed by atoms with E-state index in [1.807, 2.05) is 32.2 Å². The highest BCUT2D eigenvalue weighted by atomic mass is 35.5. The lowest BCUT2D eigenvalue weighted by Crippen LogP contribution is -2.46. The second-order valence-electron chi connectivity index (χ2n) is 6.68. The number of carboxylic acids is 1. The third kappa shape index (κ3) is 4.14. The average molecular weight is 365 g/mol. The van der Waals surface area contributed by atoms with E-state index in [1.54, 1.807) is 0 Å². The summed E-state index contributed by atoms with van der Waals surface area (Å²) in [7, 11) is 2.04. The van der Waals surface area contributed by atoms with Crippen LogP contribution in [0.3, 0.4) is 0 Å². The number of carbonyl (C=O) groups is 1. The molecule has 0 spiro atoms. The molecule has 7 heteroatoms. The lowest BCUT2D eigenvalue weighted by atomic mass is 10.0. The van der Waals surface area contributed by atoms with Gasteiger partial charge in [-0.2, -0.15) is 0 Å².